The first-order chi connectivity index (χ1) is 13.1. The molecule has 27 heavy (non-hydrogen) atoms. The molecule has 0 N–H and O–H groups in total. The molecule has 1 aliphatic rings. The van der Waals surface area contributed by atoms with E-state index in [-0.39, 0.29) is 12.0 Å². The van der Waals surface area contributed by atoms with Gasteiger partial charge in [-0.1, -0.05) is 28.1 Å². The molecule has 2 aromatic heterocycles. The lowest BCUT2D eigenvalue weighted by Gasteiger charge is -2.22. The van der Waals surface area contributed by atoms with Gasteiger partial charge in [0.2, 0.25) is 0 Å². The summed E-state index contributed by atoms with van der Waals surface area (Å²) in [4.78, 5) is 19.5. The number of amides is 1. The first-order valence-corrected chi connectivity index (χ1v) is 10.5. The van der Waals surface area contributed by atoms with Crippen molar-refractivity contribution < 1.29 is 13.9 Å². The smallest absolute Gasteiger partial charge is 0.295 e. The van der Waals surface area contributed by atoms with Crippen LogP contribution in [0.1, 0.15) is 29.2 Å². The number of carbonyl (C=O) groups excluding carboxylic acids is 1. The highest BCUT2D eigenvalue weighted by Crippen LogP contribution is 2.30. The van der Waals surface area contributed by atoms with Crippen molar-refractivity contribution in [3.63, 3.8) is 0 Å². The minimum Gasteiger partial charge on any atom is -0.456 e. The zero-order valence-corrected chi connectivity index (χ0v) is 17.3. The van der Waals surface area contributed by atoms with E-state index >= 15 is 0 Å². The Bertz CT molecular complexity index is 929. The molecule has 0 radical (unpaired) electrons. The Hall–Kier alpha value is -1.96. The summed E-state index contributed by atoms with van der Waals surface area (Å²) in [6.07, 6.45) is 2.01. The molecule has 0 aliphatic carbocycles. The van der Waals surface area contributed by atoms with Crippen LogP contribution in [0.4, 0.5) is 5.13 Å². The van der Waals surface area contributed by atoms with Crippen LogP contribution in [0.3, 0.4) is 0 Å². The van der Waals surface area contributed by atoms with Crippen molar-refractivity contribution in [3.8, 4) is 11.3 Å². The molecule has 1 aliphatic heterocycles. The largest absolute Gasteiger partial charge is 0.456 e. The molecule has 1 saturated heterocycles. The second kappa shape index (κ2) is 7.96. The lowest BCUT2D eigenvalue weighted by atomic mass is 10.2. The number of carbonyl (C=O) groups is 1. The molecule has 1 amide bonds. The number of benzene rings is 1. The highest BCUT2D eigenvalue weighted by Gasteiger charge is 2.28. The fraction of sp³-hybridized carbons (Fsp3) is 0.300. The second-order valence-corrected chi connectivity index (χ2v) is 8.24. The zero-order valence-electron chi connectivity index (χ0n) is 14.9. The quantitative estimate of drug-likeness (QED) is 0.533. The number of nitrogens with zero attached hydrogens (tertiary/aromatic N) is 2. The van der Waals surface area contributed by atoms with Gasteiger partial charge in [0.15, 0.2) is 10.9 Å². The van der Waals surface area contributed by atoms with E-state index in [1.807, 2.05) is 36.6 Å². The zero-order chi connectivity index (χ0) is 18.8. The Morgan fingerprint density at radius 3 is 2.78 bits per heavy atom. The van der Waals surface area contributed by atoms with Crippen molar-refractivity contribution in [3.05, 3.63) is 57.8 Å². The van der Waals surface area contributed by atoms with E-state index < -0.39 is 0 Å². The molecule has 4 rings (SSSR count). The fourth-order valence-electron chi connectivity index (χ4n) is 3.06. The summed E-state index contributed by atoms with van der Waals surface area (Å²) in [7, 11) is 0. The summed E-state index contributed by atoms with van der Waals surface area (Å²) < 4.78 is 12.3. The summed E-state index contributed by atoms with van der Waals surface area (Å²) in [6.45, 7) is 3.05. The van der Waals surface area contributed by atoms with Crippen molar-refractivity contribution in [1.82, 2.24) is 4.98 Å². The van der Waals surface area contributed by atoms with Gasteiger partial charge in [-0.05, 0) is 44.0 Å². The Labute approximate surface area is 170 Å². The van der Waals surface area contributed by atoms with E-state index in [0.717, 1.165) is 35.2 Å². The molecule has 3 aromatic rings. The Kier molecular flexibility index (Phi) is 5.43. The number of hydrogen-bond donors (Lipinski definition) is 0. The van der Waals surface area contributed by atoms with Gasteiger partial charge in [0.05, 0.1) is 18.3 Å². The predicted molar refractivity (Wildman–Crippen MR) is 109 cm³/mol. The van der Waals surface area contributed by atoms with E-state index in [0.29, 0.717) is 23.2 Å². The molecule has 140 valence electrons. The van der Waals surface area contributed by atoms with E-state index in [9.17, 15) is 4.79 Å². The number of aryl methyl sites for hydroxylation is 1. The molecule has 5 nitrogen and oxygen atoms in total. The third kappa shape index (κ3) is 4.15. The normalized spacial score (nSPS) is 16.6. The summed E-state index contributed by atoms with van der Waals surface area (Å²) in [5, 5.41) is 2.63. The van der Waals surface area contributed by atoms with E-state index in [2.05, 4.69) is 15.9 Å². The number of rotatable bonds is 5. The average molecular weight is 447 g/mol. The van der Waals surface area contributed by atoms with Gasteiger partial charge in [-0.25, -0.2) is 4.98 Å². The van der Waals surface area contributed by atoms with Crippen LogP contribution >= 0.6 is 27.3 Å². The Balaban J connectivity index is 1.63. The lowest BCUT2D eigenvalue weighted by Crippen LogP contribution is -2.37. The van der Waals surface area contributed by atoms with Crippen LogP contribution < -0.4 is 4.90 Å². The van der Waals surface area contributed by atoms with Crippen LogP contribution in [0, 0.1) is 6.92 Å². The van der Waals surface area contributed by atoms with Gasteiger partial charge in [-0.2, -0.15) is 0 Å². The number of ether oxygens (including phenoxy) is 1. The van der Waals surface area contributed by atoms with Gasteiger partial charge in [-0.15, -0.1) is 11.3 Å². The lowest BCUT2D eigenvalue weighted by molar-refractivity contribution is 0.0894. The highest BCUT2D eigenvalue weighted by atomic mass is 79.9. The number of thiazole rings is 1. The maximum atomic E-state index is 13.1. The van der Waals surface area contributed by atoms with Crippen LogP contribution in [-0.4, -0.2) is 30.1 Å². The number of anilines is 1. The van der Waals surface area contributed by atoms with Gasteiger partial charge in [0.25, 0.3) is 5.91 Å². The first kappa shape index (κ1) is 18.4. The molecule has 1 atom stereocenters. The van der Waals surface area contributed by atoms with E-state index in [1.54, 1.807) is 17.0 Å². The van der Waals surface area contributed by atoms with Crippen LogP contribution in [0.25, 0.3) is 11.3 Å². The first-order valence-electron chi connectivity index (χ1n) is 8.81. The van der Waals surface area contributed by atoms with Gasteiger partial charge >= 0.3 is 0 Å². The van der Waals surface area contributed by atoms with Crippen LogP contribution in [0.2, 0.25) is 0 Å². The maximum Gasteiger partial charge on any atom is 0.295 e. The number of halogens is 1. The predicted octanol–water partition coefficient (Wildman–Crippen LogP) is 5.30. The monoisotopic (exact) mass is 446 g/mol. The van der Waals surface area contributed by atoms with Gasteiger partial charge in [0, 0.05) is 22.0 Å². The molecule has 1 fully saturated rings. The molecule has 1 aromatic carbocycles. The standard InChI is InChI=1S/C20H19BrN2O3S/c1-13-4-9-18(26-13)19(24)23(11-16-3-2-10-25-16)20-22-17(12-27-20)14-5-7-15(21)8-6-14/h4-9,12,16H,2-3,10-11H2,1H3. The van der Waals surface area contributed by atoms with Gasteiger partial charge < -0.3 is 9.15 Å². The molecular formula is C20H19BrN2O3S. The highest BCUT2D eigenvalue weighted by molar-refractivity contribution is 9.10. The van der Waals surface area contributed by atoms with Crippen molar-refractivity contribution in [2.24, 2.45) is 0 Å². The minimum absolute atomic E-state index is 0.0324. The van der Waals surface area contributed by atoms with E-state index in [1.165, 1.54) is 11.3 Å². The van der Waals surface area contributed by atoms with Crippen molar-refractivity contribution in [1.29, 1.82) is 0 Å². The van der Waals surface area contributed by atoms with Crippen molar-refractivity contribution >= 4 is 38.3 Å². The Morgan fingerprint density at radius 2 is 2.11 bits per heavy atom. The fourth-order valence-corrected chi connectivity index (χ4v) is 4.17. The van der Waals surface area contributed by atoms with E-state index in [4.69, 9.17) is 14.1 Å². The molecule has 0 saturated carbocycles. The SMILES string of the molecule is Cc1ccc(C(=O)N(CC2CCCO2)c2nc(-c3ccc(Br)cc3)cs2)o1. The Morgan fingerprint density at radius 1 is 1.30 bits per heavy atom. The number of aromatic nitrogens is 1. The summed E-state index contributed by atoms with van der Waals surface area (Å²) in [5.41, 5.74) is 1.86. The van der Waals surface area contributed by atoms with Crippen LogP contribution in [0.15, 0.2) is 50.7 Å². The summed E-state index contributed by atoms with van der Waals surface area (Å²) >= 11 is 4.90. The summed E-state index contributed by atoms with van der Waals surface area (Å²) in [5.74, 6) is 0.853. The third-order valence-corrected chi connectivity index (χ3v) is 5.86. The van der Waals surface area contributed by atoms with Crippen LogP contribution in [0.5, 0.6) is 0 Å². The molecule has 0 bridgehead atoms. The van der Waals surface area contributed by atoms with Crippen molar-refractivity contribution in [2.75, 3.05) is 18.1 Å². The minimum atomic E-state index is -0.185. The molecule has 1 unspecified atom stereocenters. The molecule has 7 heteroatoms. The second-order valence-electron chi connectivity index (χ2n) is 6.48. The van der Waals surface area contributed by atoms with Gasteiger partial charge in [-0.3, -0.25) is 9.69 Å². The average Bonchev–Trinajstić information content (AvgIpc) is 3.41. The maximum absolute atomic E-state index is 13.1. The molecular weight excluding hydrogens is 428 g/mol. The van der Waals surface area contributed by atoms with Crippen LogP contribution in [-0.2, 0) is 4.74 Å². The number of furan rings is 1. The van der Waals surface area contributed by atoms with Crippen molar-refractivity contribution in [2.45, 2.75) is 25.9 Å². The summed E-state index contributed by atoms with van der Waals surface area (Å²) in [6, 6.07) is 11.5. The topological polar surface area (TPSA) is 55.6 Å². The van der Waals surface area contributed by atoms with Gasteiger partial charge in [0.1, 0.15) is 5.76 Å². The third-order valence-electron chi connectivity index (χ3n) is 4.47. The molecule has 3 heterocycles. The molecule has 0 spiro atoms. The number of hydrogen-bond acceptors (Lipinski definition) is 5.